The smallest absolute Gasteiger partial charge is 0.223 e. The molecule has 1 amide bonds. The van der Waals surface area contributed by atoms with E-state index >= 15 is 0 Å². The second-order valence-electron chi connectivity index (χ2n) is 5.86. The molecule has 1 aliphatic heterocycles. The zero-order valence-electron chi connectivity index (χ0n) is 12.5. The molecule has 3 heterocycles. The highest BCUT2D eigenvalue weighted by atomic mass is 32.2. The minimum atomic E-state index is -0.0697. The predicted molar refractivity (Wildman–Crippen MR) is 89.3 cm³/mol. The van der Waals surface area contributed by atoms with Crippen LogP contribution in [0, 0.1) is 0 Å². The van der Waals surface area contributed by atoms with Gasteiger partial charge in [-0.2, -0.15) is 5.10 Å². The Morgan fingerprint density at radius 1 is 1.36 bits per heavy atom. The second-order valence-corrected chi connectivity index (χ2v) is 7.87. The van der Waals surface area contributed by atoms with Crippen molar-refractivity contribution in [3.8, 4) is 10.6 Å². The van der Waals surface area contributed by atoms with Crippen molar-refractivity contribution in [2.75, 3.05) is 5.32 Å². The normalized spacial score (nSPS) is 17.9. The fourth-order valence-corrected chi connectivity index (χ4v) is 5.45. The molecule has 0 aromatic carbocycles. The molecule has 4 rings (SSSR count). The van der Waals surface area contributed by atoms with Crippen molar-refractivity contribution in [1.29, 1.82) is 0 Å². The maximum absolute atomic E-state index is 11.3. The summed E-state index contributed by atoms with van der Waals surface area (Å²) in [6, 6.07) is 0.510. The molecule has 7 heteroatoms. The molecule has 1 N–H and O–H groups in total. The summed E-state index contributed by atoms with van der Waals surface area (Å²) in [6.07, 6.45) is 8.34. The van der Waals surface area contributed by atoms with E-state index in [1.54, 1.807) is 23.1 Å². The lowest BCUT2D eigenvalue weighted by Crippen LogP contribution is -2.15. The van der Waals surface area contributed by atoms with E-state index in [2.05, 4.69) is 20.1 Å². The minimum Gasteiger partial charge on any atom is -0.302 e. The monoisotopic (exact) mass is 334 g/mol. The molecule has 0 unspecified atom stereocenters. The van der Waals surface area contributed by atoms with Crippen molar-refractivity contribution in [3.63, 3.8) is 0 Å². The molecular weight excluding hydrogens is 316 g/mol. The minimum absolute atomic E-state index is 0.0697. The van der Waals surface area contributed by atoms with Gasteiger partial charge in [-0.15, -0.1) is 11.8 Å². The van der Waals surface area contributed by atoms with Crippen molar-refractivity contribution in [3.05, 3.63) is 11.9 Å². The van der Waals surface area contributed by atoms with E-state index in [9.17, 15) is 4.79 Å². The van der Waals surface area contributed by atoms with Gasteiger partial charge in [-0.1, -0.05) is 30.6 Å². The second kappa shape index (κ2) is 5.70. The number of anilines is 1. The molecule has 0 radical (unpaired) electrons. The number of carbonyl (C=O) groups excluding carboxylic acids is 1. The molecule has 0 saturated heterocycles. The average Bonchev–Trinajstić information content (AvgIpc) is 3.09. The number of thiazole rings is 1. The molecule has 1 aliphatic carbocycles. The van der Waals surface area contributed by atoms with Gasteiger partial charge in [-0.05, 0) is 12.8 Å². The third-order valence-corrected chi connectivity index (χ3v) is 6.29. The highest BCUT2D eigenvalue weighted by Crippen LogP contribution is 2.47. The maximum atomic E-state index is 11.3. The largest absolute Gasteiger partial charge is 0.302 e. The maximum Gasteiger partial charge on any atom is 0.223 e. The predicted octanol–water partition coefficient (Wildman–Crippen LogP) is 4.08. The van der Waals surface area contributed by atoms with Gasteiger partial charge in [0.05, 0.1) is 33.4 Å². The van der Waals surface area contributed by atoms with Crippen molar-refractivity contribution < 1.29 is 4.79 Å². The van der Waals surface area contributed by atoms with Crippen LogP contribution >= 0.6 is 23.1 Å². The van der Waals surface area contributed by atoms with E-state index < -0.39 is 0 Å². The number of fused-ring (bicyclic) bond motifs is 3. The molecule has 0 bridgehead atoms. The fourth-order valence-electron chi connectivity index (χ4n) is 3.26. The number of rotatable bonds is 2. The Bertz CT molecular complexity index is 715. The molecule has 22 heavy (non-hydrogen) atoms. The summed E-state index contributed by atoms with van der Waals surface area (Å²) in [4.78, 5) is 18.3. The van der Waals surface area contributed by atoms with Crippen LogP contribution in [0.25, 0.3) is 10.6 Å². The van der Waals surface area contributed by atoms with E-state index in [0.717, 1.165) is 11.4 Å². The first kappa shape index (κ1) is 14.3. The van der Waals surface area contributed by atoms with Gasteiger partial charge < -0.3 is 5.32 Å². The molecule has 1 saturated carbocycles. The van der Waals surface area contributed by atoms with Crippen LogP contribution in [0.5, 0.6) is 0 Å². The first-order valence-electron chi connectivity index (χ1n) is 7.70. The fraction of sp³-hybridized carbons (Fsp3) is 0.533. The number of nitrogens with zero attached hydrogens (tertiary/aromatic N) is 3. The number of nitrogens with one attached hydrogen (secondary N) is 1. The lowest BCUT2D eigenvalue weighted by Gasteiger charge is -2.24. The summed E-state index contributed by atoms with van der Waals surface area (Å²) in [5, 5.41) is 8.19. The molecular formula is C15H18N4OS2. The van der Waals surface area contributed by atoms with Crippen molar-refractivity contribution in [1.82, 2.24) is 14.8 Å². The third kappa shape index (κ3) is 2.46. The van der Waals surface area contributed by atoms with Crippen LogP contribution in [-0.2, 0) is 10.5 Å². The number of hydrogen-bond donors (Lipinski definition) is 1. The molecule has 2 aromatic rings. The zero-order chi connectivity index (χ0) is 15.1. The Labute approximate surface area is 137 Å². The number of hydrogen-bond acceptors (Lipinski definition) is 5. The van der Waals surface area contributed by atoms with Crippen LogP contribution in [0.4, 0.5) is 5.13 Å². The molecule has 2 aliphatic rings. The highest BCUT2D eigenvalue weighted by molar-refractivity contribution is 7.98. The average molecular weight is 334 g/mol. The van der Waals surface area contributed by atoms with E-state index in [0.29, 0.717) is 11.2 Å². The molecule has 0 spiro atoms. The van der Waals surface area contributed by atoms with Crippen molar-refractivity contribution in [2.24, 2.45) is 0 Å². The Kier molecular flexibility index (Phi) is 3.69. The SMILES string of the molecule is CC(=O)Nc1nc2c(s1)-c1c(cnn1C1CCCCC1)SC2. The summed E-state index contributed by atoms with van der Waals surface area (Å²) in [5.41, 5.74) is 2.29. The molecule has 0 atom stereocenters. The van der Waals surface area contributed by atoms with E-state index in [-0.39, 0.29) is 5.91 Å². The van der Waals surface area contributed by atoms with Gasteiger partial charge in [0.15, 0.2) is 5.13 Å². The molecule has 5 nitrogen and oxygen atoms in total. The first-order valence-corrected chi connectivity index (χ1v) is 9.50. The van der Waals surface area contributed by atoms with Gasteiger partial charge >= 0.3 is 0 Å². The Balaban J connectivity index is 1.74. The Morgan fingerprint density at radius 2 is 2.18 bits per heavy atom. The Hall–Kier alpha value is -1.34. The zero-order valence-corrected chi connectivity index (χ0v) is 14.1. The number of carbonyl (C=O) groups is 1. The van der Waals surface area contributed by atoms with Gasteiger partial charge in [-0.25, -0.2) is 4.98 Å². The number of amides is 1. The topological polar surface area (TPSA) is 59.8 Å². The quantitative estimate of drug-likeness (QED) is 0.899. The first-order chi connectivity index (χ1) is 10.7. The van der Waals surface area contributed by atoms with Crippen LogP contribution in [0.1, 0.15) is 50.8 Å². The molecule has 2 aromatic heterocycles. The summed E-state index contributed by atoms with van der Waals surface area (Å²) in [6.45, 7) is 1.52. The summed E-state index contributed by atoms with van der Waals surface area (Å²) < 4.78 is 2.22. The van der Waals surface area contributed by atoms with Gasteiger partial charge in [0.2, 0.25) is 5.91 Å². The van der Waals surface area contributed by atoms with Crippen LogP contribution in [0.15, 0.2) is 11.1 Å². The van der Waals surface area contributed by atoms with E-state index in [1.807, 2.05) is 6.20 Å². The lowest BCUT2D eigenvalue weighted by molar-refractivity contribution is -0.114. The van der Waals surface area contributed by atoms with Crippen molar-refractivity contribution in [2.45, 2.75) is 55.7 Å². The molecule has 116 valence electrons. The Morgan fingerprint density at radius 3 is 2.95 bits per heavy atom. The highest BCUT2D eigenvalue weighted by Gasteiger charge is 2.29. The number of aromatic nitrogens is 3. The summed E-state index contributed by atoms with van der Waals surface area (Å²) >= 11 is 3.37. The van der Waals surface area contributed by atoms with E-state index in [4.69, 9.17) is 0 Å². The third-order valence-electron chi connectivity index (χ3n) is 4.24. The summed E-state index contributed by atoms with van der Waals surface area (Å²) in [7, 11) is 0. The van der Waals surface area contributed by atoms with Gasteiger partial charge in [0, 0.05) is 12.7 Å². The van der Waals surface area contributed by atoms with Crippen LogP contribution in [-0.4, -0.2) is 20.7 Å². The summed E-state index contributed by atoms with van der Waals surface area (Å²) in [5.74, 6) is 0.786. The van der Waals surface area contributed by atoms with Gasteiger partial charge in [-0.3, -0.25) is 9.48 Å². The molecule has 1 fully saturated rings. The van der Waals surface area contributed by atoms with Crippen LogP contribution < -0.4 is 5.32 Å². The van der Waals surface area contributed by atoms with Crippen LogP contribution in [0.3, 0.4) is 0 Å². The van der Waals surface area contributed by atoms with E-state index in [1.165, 1.54) is 54.5 Å². The number of thioether (sulfide) groups is 1. The van der Waals surface area contributed by atoms with Gasteiger partial charge in [0.1, 0.15) is 0 Å². The van der Waals surface area contributed by atoms with Crippen molar-refractivity contribution >= 4 is 34.1 Å². The lowest BCUT2D eigenvalue weighted by atomic mass is 9.95. The standard InChI is InChI=1S/C15H18N4OS2/c1-9(20)17-15-18-11-8-21-12-7-16-19(13(12)14(11)22-15)10-5-3-2-4-6-10/h7,10H,2-6,8H2,1H3,(H,17,18,20). The van der Waals surface area contributed by atoms with Crippen LogP contribution in [0.2, 0.25) is 0 Å². The van der Waals surface area contributed by atoms with Gasteiger partial charge in [0.25, 0.3) is 0 Å².